The Labute approximate surface area is 167 Å². The van der Waals surface area contributed by atoms with Gasteiger partial charge in [-0.3, -0.25) is 4.79 Å². The molecule has 2 aromatic rings. The lowest BCUT2D eigenvalue weighted by Gasteiger charge is -2.13. The SMILES string of the molecule is CCOc1ccc(NC(=O)COC(=O)c2ccc(Cl)c(Cl)c2)cc1OCC. The molecule has 27 heavy (non-hydrogen) atoms. The molecule has 0 aliphatic heterocycles. The van der Waals surface area contributed by atoms with Gasteiger partial charge in [0.1, 0.15) is 0 Å². The smallest absolute Gasteiger partial charge is 0.338 e. The zero-order chi connectivity index (χ0) is 19.8. The van der Waals surface area contributed by atoms with Crippen molar-refractivity contribution >= 4 is 40.8 Å². The summed E-state index contributed by atoms with van der Waals surface area (Å²) < 4.78 is 16.0. The van der Waals surface area contributed by atoms with Crippen LogP contribution in [0.25, 0.3) is 0 Å². The maximum Gasteiger partial charge on any atom is 0.338 e. The highest BCUT2D eigenvalue weighted by molar-refractivity contribution is 6.42. The van der Waals surface area contributed by atoms with Gasteiger partial charge in [-0.25, -0.2) is 4.79 Å². The number of rotatable bonds is 8. The van der Waals surface area contributed by atoms with E-state index in [4.69, 9.17) is 37.4 Å². The third kappa shape index (κ3) is 6.05. The summed E-state index contributed by atoms with van der Waals surface area (Å²) in [5, 5.41) is 3.19. The van der Waals surface area contributed by atoms with Crippen molar-refractivity contribution in [1.82, 2.24) is 0 Å². The molecule has 0 atom stereocenters. The van der Waals surface area contributed by atoms with Crippen LogP contribution in [-0.4, -0.2) is 31.7 Å². The second-order valence-electron chi connectivity index (χ2n) is 5.28. The molecule has 0 heterocycles. The van der Waals surface area contributed by atoms with Crippen LogP contribution in [0, 0.1) is 0 Å². The number of esters is 1. The van der Waals surface area contributed by atoms with Crippen molar-refractivity contribution in [2.75, 3.05) is 25.1 Å². The highest BCUT2D eigenvalue weighted by Crippen LogP contribution is 2.30. The maximum absolute atomic E-state index is 12.0. The van der Waals surface area contributed by atoms with Crippen LogP contribution < -0.4 is 14.8 Å². The van der Waals surface area contributed by atoms with Gasteiger partial charge in [0, 0.05) is 11.8 Å². The topological polar surface area (TPSA) is 73.9 Å². The van der Waals surface area contributed by atoms with Crippen molar-refractivity contribution in [3.8, 4) is 11.5 Å². The fourth-order valence-electron chi connectivity index (χ4n) is 2.16. The van der Waals surface area contributed by atoms with Gasteiger partial charge in [-0.15, -0.1) is 0 Å². The summed E-state index contributed by atoms with van der Waals surface area (Å²) >= 11 is 11.7. The van der Waals surface area contributed by atoms with Gasteiger partial charge in [0.05, 0.1) is 28.8 Å². The number of carbonyl (C=O) groups is 2. The second kappa shape index (κ2) is 10.0. The lowest BCUT2D eigenvalue weighted by atomic mass is 10.2. The van der Waals surface area contributed by atoms with Gasteiger partial charge >= 0.3 is 5.97 Å². The van der Waals surface area contributed by atoms with Crippen LogP contribution >= 0.6 is 23.2 Å². The first-order valence-electron chi connectivity index (χ1n) is 8.26. The van der Waals surface area contributed by atoms with E-state index in [-0.39, 0.29) is 10.6 Å². The molecule has 2 aromatic carbocycles. The Bertz CT molecular complexity index is 826. The molecule has 6 nitrogen and oxygen atoms in total. The fraction of sp³-hybridized carbons (Fsp3) is 0.263. The Balaban J connectivity index is 1.95. The number of hydrogen-bond donors (Lipinski definition) is 1. The highest BCUT2D eigenvalue weighted by atomic mass is 35.5. The van der Waals surface area contributed by atoms with Gasteiger partial charge in [0.25, 0.3) is 5.91 Å². The van der Waals surface area contributed by atoms with Gasteiger partial charge in [-0.1, -0.05) is 23.2 Å². The third-order valence-corrected chi connectivity index (χ3v) is 4.06. The molecule has 0 aliphatic rings. The van der Waals surface area contributed by atoms with Gasteiger partial charge < -0.3 is 19.5 Å². The lowest BCUT2D eigenvalue weighted by Crippen LogP contribution is -2.21. The predicted molar refractivity (Wildman–Crippen MR) is 104 cm³/mol. The largest absolute Gasteiger partial charge is 0.490 e. The first-order chi connectivity index (χ1) is 12.9. The number of ether oxygens (including phenoxy) is 3. The molecule has 0 saturated heterocycles. The average Bonchev–Trinajstić information content (AvgIpc) is 2.64. The average molecular weight is 412 g/mol. The molecule has 0 spiro atoms. The van der Waals surface area contributed by atoms with E-state index < -0.39 is 18.5 Å². The molecule has 8 heteroatoms. The first-order valence-corrected chi connectivity index (χ1v) is 9.01. The minimum atomic E-state index is -0.676. The molecule has 0 bridgehead atoms. The minimum Gasteiger partial charge on any atom is -0.490 e. The van der Waals surface area contributed by atoms with Crippen molar-refractivity contribution in [3.05, 3.63) is 52.0 Å². The molecule has 2 rings (SSSR count). The van der Waals surface area contributed by atoms with E-state index in [0.29, 0.717) is 35.4 Å². The summed E-state index contributed by atoms with van der Waals surface area (Å²) in [6.07, 6.45) is 0. The van der Waals surface area contributed by atoms with Crippen LogP contribution in [-0.2, 0) is 9.53 Å². The molecule has 144 valence electrons. The Morgan fingerprint density at radius 3 is 2.30 bits per heavy atom. The molecular weight excluding hydrogens is 393 g/mol. The summed E-state index contributed by atoms with van der Waals surface area (Å²) in [5.74, 6) is -0.0613. The zero-order valence-corrected chi connectivity index (χ0v) is 16.4. The Morgan fingerprint density at radius 1 is 0.926 bits per heavy atom. The number of nitrogens with one attached hydrogen (secondary N) is 1. The third-order valence-electron chi connectivity index (χ3n) is 3.32. The number of amides is 1. The molecule has 0 aliphatic carbocycles. The number of halogens is 2. The quantitative estimate of drug-likeness (QED) is 0.643. The van der Waals surface area contributed by atoms with E-state index >= 15 is 0 Å². The molecule has 1 amide bonds. The Morgan fingerprint density at radius 2 is 1.63 bits per heavy atom. The van der Waals surface area contributed by atoms with E-state index in [9.17, 15) is 9.59 Å². The summed E-state index contributed by atoms with van der Waals surface area (Å²) in [4.78, 5) is 24.0. The van der Waals surface area contributed by atoms with Crippen LogP contribution in [0.2, 0.25) is 10.0 Å². The van der Waals surface area contributed by atoms with Crippen molar-refractivity contribution in [1.29, 1.82) is 0 Å². The molecule has 0 fully saturated rings. The van der Waals surface area contributed by atoms with E-state index in [0.717, 1.165) is 0 Å². The van der Waals surface area contributed by atoms with Crippen LogP contribution in [0.5, 0.6) is 11.5 Å². The number of anilines is 1. The Hall–Kier alpha value is -2.44. The van der Waals surface area contributed by atoms with Crippen molar-refractivity contribution in [2.45, 2.75) is 13.8 Å². The first kappa shape index (κ1) is 20.9. The normalized spacial score (nSPS) is 10.2. The highest BCUT2D eigenvalue weighted by Gasteiger charge is 2.13. The molecule has 0 saturated carbocycles. The molecule has 0 unspecified atom stereocenters. The van der Waals surface area contributed by atoms with Gasteiger partial charge in [0.2, 0.25) is 0 Å². The molecule has 1 N–H and O–H groups in total. The molecule has 0 aromatic heterocycles. The Kier molecular flexibility index (Phi) is 7.76. The standard InChI is InChI=1S/C19H19Cl2NO5/c1-3-25-16-8-6-13(10-17(16)26-4-2)22-18(23)11-27-19(24)12-5-7-14(20)15(21)9-12/h5-10H,3-4,11H2,1-2H3,(H,22,23). The monoisotopic (exact) mass is 411 g/mol. The zero-order valence-electron chi connectivity index (χ0n) is 14.9. The number of carbonyl (C=O) groups excluding carboxylic acids is 2. The molecular formula is C19H19Cl2NO5. The van der Waals surface area contributed by atoms with Crippen molar-refractivity contribution in [3.63, 3.8) is 0 Å². The fourth-order valence-corrected chi connectivity index (χ4v) is 2.46. The predicted octanol–water partition coefficient (Wildman–Crippen LogP) is 4.59. The van der Waals surface area contributed by atoms with Crippen molar-refractivity contribution < 1.29 is 23.8 Å². The van der Waals surface area contributed by atoms with Gasteiger partial charge in [-0.05, 0) is 44.2 Å². The van der Waals surface area contributed by atoms with Crippen LogP contribution in [0.15, 0.2) is 36.4 Å². The van der Waals surface area contributed by atoms with E-state index in [1.807, 2.05) is 13.8 Å². The maximum atomic E-state index is 12.0. The lowest BCUT2D eigenvalue weighted by molar-refractivity contribution is -0.119. The van der Waals surface area contributed by atoms with Crippen LogP contribution in [0.3, 0.4) is 0 Å². The number of benzene rings is 2. The van der Waals surface area contributed by atoms with Gasteiger partial charge in [-0.2, -0.15) is 0 Å². The summed E-state index contributed by atoms with van der Waals surface area (Å²) in [5.41, 5.74) is 0.703. The van der Waals surface area contributed by atoms with E-state index in [1.165, 1.54) is 18.2 Å². The van der Waals surface area contributed by atoms with E-state index in [1.54, 1.807) is 18.2 Å². The molecule has 0 radical (unpaired) electrons. The van der Waals surface area contributed by atoms with Crippen LogP contribution in [0.1, 0.15) is 24.2 Å². The minimum absolute atomic E-state index is 0.205. The number of hydrogen-bond acceptors (Lipinski definition) is 5. The second-order valence-corrected chi connectivity index (χ2v) is 6.10. The van der Waals surface area contributed by atoms with E-state index in [2.05, 4.69) is 5.32 Å². The summed E-state index contributed by atoms with van der Waals surface area (Å²) in [7, 11) is 0. The van der Waals surface area contributed by atoms with Crippen LogP contribution in [0.4, 0.5) is 5.69 Å². The van der Waals surface area contributed by atoms with Crippen molar-refractivity contribution in [2.24, 2.45) is 0 Å². The summed E-state index contributed by atoms with van der Waals surface area (Å²) in [6, 6.07) is 9.35. The summed E-state index contributed by atoms with van der Waals surface area (Å²) in [6.45, 7) is 4.22. The van der Waals surface area contributed by atoms with Gasteiger partial charge in [0.15, 0.2) is 18.1 Å².